The number of hydrogen-bond acceptors (Lipinski definition) is 3. The maximum Gasteiger partial charge on any atom is 0.140 e. The van der Waals surface area contributed by atoms with Gasteiger partial charge >= 0.3 is 0 Å². The molecule has 5 heteroatoms. The van der Waals surface area contributed by atoms with Crippen LogP contribution in [-0.2, 0) is 23.8 Å². The first-order valence-electron chi connectivity index (χ1n) is 7.33. The number of nitrogens with zero attached hydrogens (tertiary/aromatic N) is 2. The second-order valence-electron chi connectivity index (χ2n) is 5.58. The average Bonchev–Trinajstić information content (AvgIpc) is 2.87. The molecule has 1 aliphatic rings. The van der Waals surface area contributed by atoms with E-state index in [0.717, 1.165) is 36.6 Å². The normalized spacial score (nSPS) is 17.2. The molecular formula is C16H21N3OS. The summed E-state index contributed by atoms with van der Waals surface area (Å²) in [5.41, 5.74) is 3.56. The minimum atomic E-state index is -0.810. The van der Waals surface area contributed by atoms with E-state index in [1.807, 2.05) is 18.2 Å². The first-order valence-corrected chi connectivity index (χ1v) is 9.05. The zero-order valence-electron chi connectivity index (χ0n) is 12.5. The molecule has 3 rings (SSSR count). The molecule has 4 nitrogen and oxygen atoms in total. The highest BCUT2D eigenvalue weighted by atomic mass is 32.2. The average molecular weight is 303 g/mol. The SMILES string of the molecule is CC(CS(C)=O)n1c(-c2ccccc2)nc2c1CCNC2. The van der Waals surface area contributed by atoms with Crippen LogP contribution in [0.2, 0.25) is 0 Å². The number of imidazole rings is 1. The fourth-order valence-corrected chi connectivity index (χ4v) is 3.84. The maximum atomic E-state index is 11.6. The second kappa shape index (κ2) is 6.12. The molecule has 0 aliphatic carbocycles. The highest BCUT2D eigenvalue weighted by Crippen LogP contribution is 2.28. The summed E-state index contributed by atoms with van der Waals surface area (Å²) in [5, 5.41) is 3.38. The fourth-order valence-electron chi connectivity index (χ4n) is 3.01. The van der Waals surface area contributed by atoms with Crippen molar-refractivity contribution in [3.63, 3.8) is 0 Å². The van der Waals surface area contributed by atoms with Crippen LogP contribution in [0.4, 0.5) is 0 Å². The van der Waals surface area contributed by atoms with Crippen molar-refractivity contribution in [1.29, 1.82) is 0 Å². The Hall–Kier alpha value is -1.46. The minimum absolute atomic E-state index is 0.195. The Morgan fingerprint density at radius 2 is 2.14 bits per heavy atom. The van der Waals surface area contributed by atoms with Crippen LogP contribution in [0.25, 0.3) is 11.4 Å². The lowest BCUT2D eigenvalue weighted by molar-refractivity contribution is 0.546. The minimum Gasteiger partial charge on any atom is -0.324 e. The second-order valence-corrected chi connectivity index (χ2v) is 7.06. The van der Waals surface area contributed by atoms with Gasteiger partial charge in [0.25, 0.3) is 0 Å². The first-order chi connectivity index (χ1) is 10.2. The van der Waals surface area contributed by atoms with Crippen LogP contribution in [0.5, 0.6) is 0 Å². The Kier molecular flexibility index (Phi) is 4.22. The van der Waals surface area contributed by atoms with Crippen LogP contribution in [0.1, 0.15) is 24.4 Å². The molecule has 0 saturated carbocycles. The van der Waals surface area contributed by atoms with Crippen LogP contribution in [0.3, 0.4) is 0 Å². The summed E-state index contributed by atoms with van der Waals surface area (Å²) in [5.74, 6) is 1.66. The standard InChI is InChI=1S/C16H21N3OS/c1-12(11-21(2)20)19-15-8-9-17-10-14(15)18-16(19)13-6-4-3-5-7-13/h3-7,12,17H,8-11H2,1-2H3. The molecule has 0 spiro atoms. The number of aromatic nitrogens is 2. The molecule has 1 aliphatic heterocycles. The quantitative estimate of drug-likeness (QED) is 0.941. The van der Waals surface area contributed by atoms with Gasteiger partial charge in [0.2, 0.25) is 0 Å². The molecular weight excluding hydrogens is 282 g/mol. The largest absolute Gasteiger partial charge is 0.324 e. The molecule has 2 heterocycles. The van der Waals surface area contributed by atoms with Gasteiger partial charge in [0.1, 0.15) is 5.82 Å². The van der Waals surface area contributed by atoms with Gasteiger partial charge in [-0.05, 0) is 6.92 Å². The van der Waals surface area contributed by atoms with Crippen LogP contribution >= 0.6 is 0 Å². The molecule has 21 heavy (non-hydrogen) atoms. The van der Waals surface area contributed by atoms with Crippen molar-refractivity contribution < 1.29 is 4.21 Å². The van der Waals surface area contributed by atoms with Crippen LogP contribution in [-0.4, -0.2) is 32.3 Å². The maximum absolute atomic E-state index is 11.6. The molecule has 0 radical (unpaired) electrons. The van der Waals surface area contributed by atoms with Gasteiger partial charge in [0.15, 0.2) is 0 Å². The third kappa shape index (κ3) is 2.94. The zero-order chi connectivity index (χ0) is 14.8. The van der Waals surface area contributed by atoms with Crippen molar-refractivity contribution in [2.24, 2.45) is 0 Å². The van der Waals surface area contributed by atoms with Gasteiger partial charge in [-0.1, -0.05) is 30.3 Å². The van der Waals surface area contributed by atoms with Gasteiger partial charge in [-0.2, -0.15) is 0 Å². The molecule has 0 saturated heterocycles. The zero-order valence-corrected chi connectivity index (χ0v) is 13.3. The first kappa shape index (κ1) is 14.5. The molecule has 2 aromatic rings. The van der Waals surface area contributed by atoms with Crippen LogP contribution in [0.15, 0.2) is 30.3 Å². The lowest BCUT2D eigenvalue weighted by Gasteiger charge is -2.21. The van der Waals surface area contributed by atoms with E-state index in [9.17, 15) is 4.21 Å². The summed E-state index contributed by atoms with van der Waals surface area (Å²) in [4.78, 5) is 4.85. The van der Waals surface area contributed by atoms with Crippen LogP contribution in [0, 0.1) is 0 Å². The molecule has 1 N–H and O–H groups in total. The van der Waals surface area contributed by atoms with Gasteiger partial charge in [0.05, 0.1) is 5.69 Å². The third-order valence-electron chi connectivity index (χ3n) is 3.87. The van der Waals surface area contributed by atoms with Gasteiger partial charge in [-0.25, -0.2) is 4.98 Å². The summed E-state index contributed by atoms with van der Waals surface area (Å²) < 4.78 is 13.9. The van der Waals surface area contributed by atoms with E-state index >= 15 is 0 Å². The summed E-state index contributed by atoms with van der Waals surface area (Å²) in [7, 11) is -0.810. The van der Waals surface area contributed by atoms with Gasteiger partial charge in [-0.3, -0.25) is 4.21 Å². The lowest BCUT2D eigenvalue weighted by atomic mass is 10.1. The topological polar surface area (TPSA) is 46.9 Å². The molecule has 0 bridgehead atoms. The summed E-state index contributed by atoms with van der Waals surface area (Å²) >= 11 is 0. The predicted molar refractivity (Wildman–Crippen MR) is 86.7 cm³/mol. The van der Waals surface area contributed by atoms with Crippen molar-refractivity contribution >= 4 is 10.8 Å². The number of benzene rings is 1. The van der Waals surface area contributed by atoms with Crippen molar-refractivity contribution in [3.05, 3.63) is 41.7 Å². The Balaban J connectivity index is 2.10. The van der Waals surface area contributed by atoms with Crippen LogP contribution < -0.4 is 5.32 Å². The lowest BCUT2D eigenvalue weighted by Crippen LogP contribution is -2.26. The molecule has 112 valence electrons. The molecule has 1 aromatic carbocycles. The molecule has 0 amide bonds. The molecule has 1 aromatic heterocycles. The smallest absolute Gasteiger partial charge is 0.140 e. The highest BCUT2D eigenvalue weighted by molar-refractivity contribution is 7.84. The van der Waals surface area contributed by atoms with Crippen molar-refractivity contribution in [3.8, 4) is 11.4 Å². The number of rotatable bonds is 4. The van der Waals surface area contributed by atoms with Gasteiger partial charge in [0, 0.05) is 59.6 Å². The highest BCUT2D eigenvalue weighted by Gasteiger charge is 2.23. The van der Waals surface area contributed by atoms with E-state index in [0.29, 0.717) is 5.75 Å². The predicted octanol–water partition coefficient (Wildman–Crippen LogP) is 2.14. The van der Waals surface area contributed by atoms with Crippen molar-refractivity contribution in [2.45, 2.75) is 25.9 Å². The van der Waals surface area contributed by atoms with Gasteiger partial charge in [-0.15, -0.1) is 0 Å². The van der Waals surface area contributed by atoms with E-state index in [1.54, 1.807) is 6.26 Å². The third-order valence-corrected chi connectivity index (χ3v) is 4.82. The Labute approximate surface area is 128 Å². The Bertz CT molecular complexity index is 651. The summed E-state index contributed by atoms with van der Waals surface area (Å²) in [6, 6.07) is 10.5. The number of nitrogens with one attached hydrogen (secondary N) is 1. The van der Waals surface area contributed by atoms with E-state index in [1.165, 1.54) is 5.69 Å². The van der Waals surface area contributed by atoms with Crippen molar-refractivity contribution in [1.82, 2.24) is 14.9 Å². The molecule has 2 atom stereocenters. The van der Waals surface area contributed by atoms with Crippen molar-refractivity contribution in [2.75, 3.05) is 18.6 Å². The van der Waals surface area contributed by atoms with E-state index in [-0.39, 0.29) is 6.04 Å². The number of fused-ring (bicyclic) bond motifs is 1. The van der Waals surface area contributed by atoms with Gasteiger partial charge < -0.3 is 9.88 Å². The summed E-state index contributed by atoms with van der Waals surface area (Å²) in [6.45, 7) is 3.94. The Morgan fingerprint density at radius 3 is 2.86 bits per heavy atom. The molecule has 2 unspecified atom stereocenters. The monoisotopic (exact) mass is 303 g/mol. The number of hydrogen-bond donors (Lipinski definition) is 1. The fraction of sp³-hybridized carbons (Fsp3) is 0.438. The summed E-state index contributed by atoms with van der Waals surface area (Å²) in [6.07, 6.45) is 2.75. The van der Waals surface area contributed by atoms with E-state index in [2.05, 4.69) is 28.9 Å². The molecule has 0 fully saturated rings. The van der Waals surface area contributed by atoms with E-state index in [4.69, 9.17) is 4.98 Å². The Morgan fingerprint density at radius 1 is 1.38 bits per heavy atom. The van der Waals surface area contributed by atoms with E-state index < -0.39 is 10.8 Å².